The summed E-state index contributed by atoms with van der Waals surface area (Å²) in [6.45, 7) is 2.68. The molecular formula is C12H19ClN4O. The molecule has 6 heteroatoms. The molecule has 1 aromatic rings. The van der Waals surface area contributed by atoms with Crippen molar-refractivity contribution in [2.45, 2.75) is 26.2 Å². The zero-order valence-electron chi connectivity index (χ0n) is 11.0. The third-order valence-electron chi connectivity index (χ3n) is 2.68. The summed E-state index contributed by atoms with van der Waals surface area (Å²) < 4.78 is 0. The lowest BCUT2D eigenvalue weighted by Crippen LogP contribution is -2.27. The molecule has 0 saturated carbocycles. The largest absolute Gasteiger partial charge is 0.359 e. The van der Waals surface area contributed by atoms with E-state index in [1.807, 2.05) is 11.9 Å². The van der Waals surface area contributed by atoms with Gasteiger partial charge in [-0.15, -0.1) is 0 Å². The van der Waals surface area contributed by atoms with Crippen LogP contribution in [-0.4, -0.2) is 36.5 Å². The smallest absolute Gasteiger partial charge is 0.221 e. The molecule has 1 N–H and O–H groups in total. The highest BCUT2D eigenvalue weighted by atomic mass is 35.5. The second-order valence-electron chi connectivity index (χ2n) is 4.06. The zero-order chi connectivity index (χ0) is 13.5. The van der Waals surface area contributed by atoms with Crippen molar-refractivity contribution >= 4 is 23.3 Å². The topological polar surface area (TPSA) is 58.1 Å². The number of hydrogen-bond donors (Lipinski definition) is 1. The summed E-state index contributed by atoms with van der Waals surface area (Å²) in [5, 5.41) is 3.09. The summed E-state index contributed by atoms with van der Waals surface area (Å²) in [6, 6.07) is 0. The van der Waals surface area contributed by atoms with Gasteiger partial charge in [-0.2, -0.15) is 0 Å². The fourth-order valence-electron chi connectivity index (χ4n) is 1.68. The number of amides is 1. The molecule has 0 aliphatic rings. The minimum atomic E-state index is 0.0130. The Labute approximate surface area is 113 Å². The number of halogens is 1. The summed E-state index contributed by atoms with van der Waals surface area (Å²) in [5.74, 6) is 0.819. The Morgan fingerprint density at radius 1 is 1.50 bits per heavy atom. The average Bonchev–Trinajstić information content (AvgIpc) is 2.38. The van der Waals surface area contributed by atoms with E-state index in [1.165, 1.54) is 6.33 Å². The van der Waals surface area contributed by atoms with E-state index < -0.39 is 0 Å². The minimum Gasteiger partial charge on any atom is -0.359 e. The fraction of sp³-hybridized carbons (Fsp3) is 0.583. The Hall–Kier alpha value is -1.36. The lowest BCUT2D eigenvalue weighted by Gasteiger charge is -2.20. The number of hydrogen-bond acceptors (Lipinski definition) is 4. The van der Waals surface area contributed by atoms with Crippen molar-refractivity contribution in [3.63, 3.8) is 0 Å². The quantitative estimate of drug-likeness (QED) is 0.799. The molecule has 100 valence electrons. The molecule has 0 atom stereocenters. The van der Waals surface area contributed by atoms with E-state index in [4.69, 9.17) is 11.6 Å². The number of rotatable bonds is 6. The molecule has 5 nitrogen and oxygen atoms in total. The van der Waals surface area contributed by atoms with E-state index in [0.29, 0.717) is 18.1 Å². The summed E-state index contributed by atoms with van der Waals surface area (Å²) in [6.07, 6.45) is 3.69. The molecule has 1 rings (SSSR count). The summed E-state index contributed by atoms with van der Waals surface area (Å²) in [7, 11) is 3.53. The van der Waals surface area contributed by atoms with Crippen LogP contribution in [0.15, 0.2) is 6.33 Å². The summed E-state index contributed by atoms with van der Waals surface area (Å²) in [5.41, 5.74) is 0.945. The molecule has 0 radical (unpaired) electrons. The molecule has 0 aliphatic heterocycles. The van der Waals surface area contributed by atoms with E-state index in [0.717, 1.165) is 24.2 Å². The van der Waals surface area contributed by atoms with Gasteiger partial charge in [0.15, 0.2) is 0 Å². The maximum atomic E-state index is 11.2. The highest BCUT2D eigenvalue weighted by Gasteiger charge is 2.13. The van der Waals surface area contributed by atoms with Crippen LogP contribution in [0.4, 0.5) is 5.82 Å². The fourth-order valence-corrected chi connectivity index (χ4v) is 1.90. The molecule has 1 heterocycles. The Bertz CT molecular complexity index is 411. The summed E-state index contributed by atoms with van der Waals surface area (Å²) >= 11 is 6.09. The van der Waals surface area contributed by atoms with Crippen LogP contribution >= 0.6 is 11.6 Å². The number of anilines is 1. The monoisotopic (exact) mass is 270 g/mol. The maximum Gasteiger partial charge on any atom is 0.221 e. The molecule has 0 bridgehead atoms. The number of carbonyl (C=O) groups is 1. The third-order valence-corrected chi connectivity index (χ3v) is 3.01. The predicted molar refractivity (Wildman–Crippen MR) is 73.0 cm³/mol. The van der Waals surface area contributed by atoms with Crippen molar-refractivity contribution < 1.29 is 4.79 Å². The average molecular weight is 271 g/mol. The Morgan fingerprint density at radius 3 is 2.83 bits per heavy atom. The van der Waals surface area contributed by atoms with E-state index in [2.05, 4.69) is 22.2 Å². The van der Waals surface area contributed by atoms with Crippen molar-refractivity contribution in [2.75, 3.05) is 25.5 Å². The van der Waals surface area contributed by atoms with Crippen molar-refractivity contribution in [3.8, 4) is 0 Å². The van der Waals surface area contributed by atoms with Crippen LogP contribution in [0, 0.1) is 0 Å². The third kappa shape index (κ3) is 3.84. The van der Waals surface area contributed by atoms with E-state index in [9.17, 15) is 4.79 Å². The van der Waals surface area contributed by atoms with Crippen LogP contribution in [0.3, 0.4) is 0 Å². The normalized spacial score (nSPS) is 10.2. The van der Waals surface area contributed by atoms with Crippen LogP contribution in [0.1, 0.15) is 25.3 Å². The van der Waals surface area contributed by atoms with Gasteiger partial charge in [0.05, 0.1) is 0 Å². The van der Waals surface area contributed by atoms with E-state index in [1.54, 1.807) is 7.05 Å². The second kappa shape index (κ2) is 7.16. The van der Waals surface area contributed by atoms with Gasteiger partial charge in [0.25, 0.3) is 0 Å². The van der Waals surface area contributed by atoms with Gasteiger partial charge in [-0.25, -0.2) is 9.97 Å². The summed E-state index contributed by atoms with van der Waals surface area (Å²) in [4.78, 5) is 21.4. The molecule has 0 unspecified atom stereocenters. The first-order chi connectivity index (χ1) is 8.60. The van der Waals surface area contributed by atoms with E-state index in [-0.39, 0.29) is 5.91 Å². The Morgan fingerprint density at radius 2 is 2.22 bits per heavy atom. The molecular weight excluding hydrogens is 252 g/mol. The van der Waals surface area contributed by atoms with Gasteiger partial charge in [-0.05, 0) is 6.42 Å². The van der Waals surface area contributed by atoms with Crippen LogP contribution in [-0.2, 0) is 11.2 Å². The lowest BCUT2D eigenvalue weighted by atomic mass is 10.2. The molecule has 18 heavy (non-hydrogen) atoms. The number of aromatic nitrogens is 2. The molecule has 1 aromatic heterocycles. The molecule has 0 aromatic carbocycles. The lowest BCUT2D eigenvalue weighted by molar-refractivity contribution is -0.120. The van der Waals surface area contributed by atoms with Crippen LogP contribution < -0.4 is 10.2 Å². The second-order valence-corrected chi connectivity index (χ2v) is 4.42. The first kappa shape index (κ1) is 14.7. The Kier molecular flexibility index (Phi) is 5.85. The van der Waals surface area contributed by atoms with Gasteiger partial charge in [0.1, 0.15) is 17.3 Å². The number of nitrogens with zero attached hydrogens (tertiary/aromatic N) is 3. The molecule has 0 fully saturated rings. The highest BCUT2D eigenvalue weighted by molar-refractivity contribution is 6.30. The highest BCUT2D eigenvalue weighted by Crippen LogP contribution is 2.23. The van der Waals surface area contributed by atoms with E-state index >= 15 is 0 Å². The zero-order valence-corrected chi connectivity index (χ0v) is 11.8. The van der Waals surface area contributed by atoms with Crippen molar-refractivity contribution in [1.82, 2.24) is 15.3 Å². The molecule has 0 saturated heterocycles. The standard InChI is InChI=1S/C12H19ClN4O/c1-4-5-9-11(13)15-8-16-12(9)17(3)7-6-10(18)14-2/h8H,4-7H2,1-3H3,(H,14,18). The van der Waals surface area contributed by atoms with Crippen molar-refractivity contribution in [1.29, 1.82) is 0 Å². The predicted octanol–water partition coefficient (Wildman–Crippen LogP) is 1.65. The van der Waals surface area contributed by atoms with Crippen molar-refractivity contribution in [2.24, 2.45) is 0 Å². The molecule has 1 amide bonds. The van der Waals surface area contributed by atoms with Gasteiger partial charge in [0.2, 0.25) is 5.91 Å². The maximum absolute atomic E-state index is 11.2. The first-order valence-corrected chi connectivity index (χ1v) is 6.39. The Balaban J connectivity index is 2.81. The van der Waals surface area contributed by atoms with Crippen LogP contribution in [0.25, 0.3) is 0 Å². The first-order valence-electron chi connectivity index (χ1n) is 6.01. The molecule has 0 spiro atoms. The van der Waals surface area contributed by atoms with Crippen molar-refractivity contribution in [3.05, 3.63) is 17.0 Å². The SMILES string of the molecule is CCCc1c(Cl)ncnc1N(C)CCC(=O)NC. The van der Waals surface area contributed by atoms with Crippen LogP contribution in [0.2, 0.25) is 5.15 Å². The van der Waals surface area contributed by atoms with Gasteiger partial charge in [-0.3, -0.25) is 4.79 Å². The van der Waals surface area contributed by atoms with Crippen LogP contribution in [0.5, 0.6) is 0 Å². The number of nitrogens with one attached hydrogen (secondary N) is 1. The van der Waals surface area contributed by atoms with Gasteiger partial charge >= 0.3 is 0 Å². The number of carbonyl (C=O) groups excluding carboxylic acids is 1. The van der Waals surface area contributed by atoms with Gasteiger partial charge in [0, 0.05) is 32.6 Å². The minimum absolute atomic E-state index is 0.0130. The van der Waals surface area contributed by atoms with Gasteiger partial charge < -0.3 is 10.2 Å². The molecule has 0 aliphatic carbocycles. The van der Waals surface area contributed by atoms with Gasteiger partial charge in [-0.1, -0.05) is 24.9 Å².